The highest BCUT2D eigenvalue weighted by Crippen LogP contribution is 2.30. The number of carbonyl (C=O) groups excluding carboxylic acids is 1. The molecular weight excluding hydrogens is 376 g/mol. The minimum absolute atomic E-state index is 0.509. The summed E-state index contributed by atoms with van der Waals surface area (Å²) in [5.74, 6) is 1.95. The zero-order valence-electron chi connectivity index (χ0n) is 17.2. The van der Waals surface area contributed by atoms with E-state index in [1.54, 1.807) is 0 Å². The molecule has 6 heteroatoms. The molecule has 2 unspecified atom stereocenters. The minimum Gasteiger partial charge on any atom is -0.494 e. The van der Waals surface area contributed by atoms with Gasteiger partial charge in [-0.15, -0.1) is 0 Å². The zero-order valence-corrected chi connectivity index (χ0v) is 18.0. The Morgan fingerprint density at radius 3 is 2.82 bits per heavy atom. The lowest BCUT2D eigenvalue weighted by atomic mass is 9.82. The first-order valence-electron chi connectivity index (χ1n) is 10.1. The average Bonchev–Trinajstić information content (AvgIpc) is 2.70. The summed E-state index contributed by atoms with van der Waals surface area (Å²) in [4.78, 5) is 11.2. The highest BCUT2D eigenvalue weighted by Gasteiger charge is 2.22. The van der Waals surface area contributed by atoms with Crippen LogP contribution in [0.2, 0.25) is 5.02 Å². The number of halogens is 1. The Hall–Kier alpha value is -1.72. The highest BCUT2D eigenvalue weighted by atomic mass is 35.5. The standard InChI is InChI=1S/C22H33ClN2O3/c1-4-28-22-9-8-20(23)11-19(22)15-27-14-18-7-5-6-17(10-18)12-25-21(13-26)16(2)24-3/h8-9,11,13,17-18,24-25H,4-7,10,12,14-15H2,1-3H3/b21-16+. The largest absolute Gasteiger partial charge is 0.494 e. The van der Waals surface area contributed by atoms with E-state index in [0.717, 1.165) is 42.9 Å². The van der Waals surface area contributed by atoms with Crippen molar-refractivity contribution in [2.45, 2.75) is 46.1 Å². The second-order valence-corrected chi connectivity index (χ2v) is 7.82. The molecule has 1 aromatic rings. The zero-order chi connectivity index (χ0) is 20.4. The molecule has 1 aliphatic carbocycles. The molecule has 0 bridgehead atoms. The Labute approximate surface area is 173 Å². The van der Waals surface area contributed by atoms with Gasteiger partial charge in [0.05, 0.1) is 18.9 Å². The summed E-state index contributed by atoms with van der Waals surface area (Å²) in [5.41, 5.74) is 2.51. The molecule has 0 aliphatic heterocycles. The molecule has 5 nitrogen and oxygen atoms in total. The molecule has 2 rings (SSSR count). The first-order chi connectivity index (χ1) is 13.6. The molecule has 0 aromatic heterocycles. The summed E-state index contributed by atoms with van der Waals surface area (Å²) < 4.78 is 11.7. The SMILES string of the molecule is CCOc1ccc(Cl)cc1COCC1CCCC(CN/C(C=O)=C(\C)NC)C1. The Balaban J connectivity index is 1.81. The van der Waals surface area contributed by atoms with Crippen molar-refractivity contribution in [2.24, 2.45) is 11.8 Å². The van der Waals surface area contributed by atoms with E-state index >= 15 is 0 Å². The van der Waals surface area contributed by atoms with E-state index in [-0.39, 0.29) is 0 Å². The third kappa shape index (κ3) is 7.02. The number of allylic oxidation sites excluding steroid dienone is 2. The van der Waals surface area contributed by atoms with Crippen molar-refractivity contribution >= 4 is 17.9 Å². The van der Waals surface area contributed by atoms with Gasteiger partial charge in [0.1, 0.15) is 5.75 Å². The van der Waals surface area contributed by atoms with E-state index in [4.69, 9.17) is 21.1 Å². The van der Waals surface area contributed by atoms with E-state index < -0.39 is 0 Å². The summed E-state index contributed by atoms with van der Waals surface area (Å²) in [6.07, 6.45) is 5.59. The Morgan fingerprint density at radius 2 is 2.11 bits per heavy atom. The van der Waals surface area contributed by atoms with Gasteiger partial charge < -0.3 is 20.1 Å². The highest BCUT2D eigenvalue weighted by molar-refractivity contribution is 6.30. The fourth-order valence-corrected chi connectivity index (χ4v) is 3.88. The lowest BCUT2D eigenvalue weighted by Crippen LogP contribution is -2.30. The first-order valence-corrected chi connectivity index (χ1v) is 10.5. The van der Waals surface area contributed by atoms with Crippen LogP contribution in [0, 0.1) is 11.8 Å². The molecule has 28 heavy (non-hydrogen) atoms. The second-order valence-electron chi connectivity index (χ2n) is 7.39. The van der Waals surface area contributed by atoms with E-state index in [1.165, 1.54) is 19.3 Å². The van der Waals surface area contributed by atoms with Gasteiger partial charge in [-0.1, -0.05) is 18.0 Å². The summed E-state index contributed by atoms with van der Waals surface area (Å²) in [6, 6.07) is 5.66. The van der Waals surface area contributed by atoms with Gasteiger partial charge >= 0.3 is 0 Å². The van der Waals surface area contributed by atoms with Gasteiger partial charge in [0.2, 0.25) is 0 Å². The molecule has 0 radical (unpaired) electrons. The smallest absolute Gasteiger partial charge is 0.167 e. The maximum atomic E-state index is 11.2. The summed E-state index contributed by atoms with van der Waals surface area (Å²) in [7, 11) is 1.82. The number of rotatable bonds is 11. The van der Waals surface area contributed by atoms with Crippen LogP contribution >= 0.6 is 11.6 Å². The number of benzene rings is 1. The first kappa shape index (κ1) is 22.6. The predicted octanol–water partition coefficient (Wildman–Crippen LogP) is 4.30. The quantitative estimate of drug-likeness (QED) is 0.422. The van der Waals surface area contributed by atoms with Crippen LogP contribution in [0.4, 0.5) is 0 Å². The fraction of sp³-hybridized carbons (Fsp3) is 0.591. The molecule has 0 saturated heterocycles. The molecule has 0 spiro atoms. The molecule has 1 saturated carbocycles. The predicted molar refractivity (Wildman–Crippen MR) is 114 cm³/mol. The van der Waals surface area contributed by atoms with Gasteiger partial charge in [-0.25, -0.2) is 0 Å². The summed E-state index contributed by atoms with van der Waals surface area (Å²) in [5, 5.41) is 7.01. The number of carbonyl (C=O) groups is 1. The topological polar surface area (TPSA) is 59.6 Å². The number of hydrogen-bond acceptors (Lipinski definition) is 5. The third-order valence-electron chi connectivity index (χ3n) is 5.30. The maximum Gasteiger partial charge on any atom is 0.167 e. The minimum atomic E-state index is 0.509. The summed E-state index contributed by atoms with van der Waals surface area (Å²) in [6.45, 7) is 6.57. The third-order valence-corrected chi connectivity index (χ3v) is 5.54. The molecule has 1 fully saturated rings. The van der Waals surface area contributed by atoms with Crippen LogP contribution in [-0.4, -0.2) is 33.1 Å². The monoisotopic (exact) mass is 408 g/mol. The lowest BCUT2D eigenvalue weighted by molar-refractivity contribution is -0.105. The van der Waals surface area contributed by atoms with E-state index in [0.29, 0.717) is 35.8 Å². The van der Waals surface area contributed by atoms with Crippen molar-refractivity contribution in [1.82, 2.24) is 10.6 Å². The van der Waals surface area contributed by atoms with Gasteiger partial charge in [0.15, 0.2) is 6.29 Å². The molecule has 0 heterocycles. The van der Waals surface area contributed by atoms with Crippen LogP contribution in [0.5, 0.6) is 5.75 Å². The summed E-state index contributed by atoms with van der Waals surface area (Å²) >= 11 is 6.12. The van der Waals surface area contributed by atoms with Crippen molar-refractivity contribution in [3.05, 3.63) is 40.2 Å². The maximum absolute atomic E-state index is 11.2. The van der Waals surface area contributed by atoms with E-state index in [1.807, 2.05) is 39.1 Å². The lowest BCUT2D eigenvalue weighted by Gasteiger charge is -2.29. The van der Waals surface area contributed by atoms with Crippen LogP contribution in [0.3, 0.4) is 0 Å². The van der Waals surface area contributed by atoms with Gasteiger partial charge in [-0.2, -0.15) is 0 Å². The van der Waals surface area contributed by atoms with Crippen molar-refractivity contribution in [3.8, 4) is 5.75 Å². The second kappa shape index (κ2) is 12.0. The molecular formula is C22H33ClN2O3. The van der Waals surface area contributed by atoms with Gasteiger partial charge in [-0.05, 0) is 63.1 Å². The van der Waals surface area contributed by atoms with Gasteiger partial charge in [0.25, 0.3) is 0 Å². The van der Waals surface area contributed by atoms with Gasteiger partial charge in [-0.3, -0.25) is 4.79 Å². The number of ether oxygens (including phenoxy) is 2. The van der Waals surface area contributed by atoms with Crippen LogP contribution in [0.25, 0.3) is 0 Å². The Bertz CT molecular complexity index is 663. The molecule has 2 N–H and O–H groups in total. The number of aldehydes is 1. The van der Waals surface area contributed by atoms with Crippen LogP contribution in [0.1, 0.15) is 45.1 Å². The molecule has 1 aliphatic rings. The van der Waals surface area contributed by atoms with E-state index in [2.05, 4.69) is 10.6 Å². The average molecular weight is 409 g/mol. The normalized spacial score (nSPS) is 20.3. The molecule has 2 atom stereocenters. The van der Waals surface area contributed by atoms with Crippen LogP contribution < -0.4 is 15.4 Å². The molecule has 0 amide bonds. The van der Waals surface area contributed by atoms with Crippen molar-refractivity contribution in [3.63, 3.8) is 0 Å². The van der Waals surface area contributed by atoms with Gasteiger partial charge in [0, 0.05) is 36.5 Å². The number of nitrogens with one attached hydrogen (secondary N) is 2. The number of hydrogen-bond donors (Lipinski definition) is 2. The Morgan fingerprint density at radius 1 is 1.32 bits per heavy atom. The van der Waals surface area contributed by atoms with Crippen molar-refractivity contribution in [1.29, 1.82) is 0 Å². The Kier molecular flexibility index (Phi) is 9.65. The van der Waals surface area contributed by atoms with Crippen molar-refractivity contribution < 1.29 is 14.3 Å². The fourth-order valence-electron chi connectivity index (χ4n) is 3.68. The molecule has 156 valence electrons. The van der Waals surface area contributed by atoms with Crippen LogP contribution in [-0.2, 0) is 16.1 Å². The molecule has 1 aromatic carbocycles. The van der Waals surface area contributed by atoms with Crippen molar-refractivity contribution in [2.75, 3.05) is 26.8 Å². The van der Waals surface area contributed by atoms with E-state index in [9.17, 15) is 4.79 Å². The van der Waals surface area contributed by atoms with Crippen LogP contribution in [0.15, 0.2) is 29.6 Å².